The summed E-state index contributed by atoms with van der Waals surface area (Å²) >= 11 is 1.63. The smallest absolute Gasteiger partial charge is 0.339 e. The van der Waals surface area contributed by atoms with Gasteiger partial charge < -0.3 is 9.67 Å². The molecule has 2 aromatic heterocycles. The highest BCUT2D eigenvalue weighted by molar-refractivity contribution is 7.15. The van der Waals surface area contributed by atoms with Crippen LogP contribution in [0.3, 0.4) is 0 Å². The van der Waals surface area contributed by atoms with E-state index in [1.807, 2.05) is 44.2 Å². The number of aromatic carboxylic acids is 1. The highest BCUT2D eigenvalue weighted by Crippen LogP contribution is 2.38. The van der Waals surface area contributed by atoms with Crippen LogP contribution in [-0.2, 0) is 12.8 Å². The third-order valence-electron chi connectivity index (χ3n) is 5.21. The lowest BCUT2D eigenvalue weighted by Gasteiger charge is -2.11. The van der Waals surface area contributed by atoms with Gasteiger partial charge in [0.2, 0.25) is 0 Å². The van der Waals surface area contributed by atoms with Crippen LogP contribution in [0.4, 0.5) is 5.69 Å². The van der Waals surface area contributed by atoms with Crippen molar-refractivity contribution in [3.63, 3.8) is 0 Å². The van der Waals surface area contributed by atoms with E-state index in [2.05, 4.69) is 21.2 Å². The molecule has 6 heteroatoms. The van der Waals surface area contributed by atoms with Crippen molar-refractivity contribution < 1.29 is 9.90 Å². The number of nitrogens with one attached hydrogen (secondary N) is 1. The largest absolute Gasteiger partial charge is 0.478 e. The Morgan fingerprint density at radius 3 is 2.71 bits per heavy atom. The molecule has 0 radical (unpaired) electrons. The van der Waals surface area contributed by atoms with Crippen LogP contribution in [0.1, 0.15) is 50.6 Å². The van der Waals surface area contributed by atoms with Crippen LogP contribution in [-0.4, -0.2) is 21.9 Å². The third kappa shape index (κ3) is 3.36. The molecule has 0 unspecified atom stereocenters. The quantitative estimate of drug-likeness (QED) is 0.464. The van der Waals surface area contributed by atoms with Crippen molar-refractivity contribution in [3.8, 4) is 5.00 Å². The fourth-order valence-electron chi connectivity index (χ4n) is 3.85. The average Bonchev–Trinajstić information content (AvgIpc) is 3.19. The number of hydrogen-bond donors (Lipinski definition) is 2. The molecule has 0 aliphatic heterocycles. The molecule has 1 aliphatic rings. The van der Waals surface area contributed by atoms with Crippen molar-refractivity contribution in [2.24, 2.45) is 5.10 Å². The topological polar surface area (TPSA) is 66.6 Å². The van der Waals surface area contributed by atoms with Crippen molar-refractivity contribution in [1.29, 1.82) is 0 Å². The van der Waals surface area contributed by atoms with Crippen molar-refractivity contribution in [2.45, 2.75) is 39.5 Å². The lowest BCUT2D eigenvalue weighted by Crippen LogP contribution is -2.09. The SMILES string of the molecule is Cc1cc(/C=N\Nc2ccccc2)c(C)n1-c1sc2c(c1C(=O)O)CCCC2. The highest BCUT2D eigenvalue weighted by Gasteiger charge is 2.27. The summed E-state index contributed by atoms with van der Waals surface area (Å²) in [5.74, 6) is -0.831. The van der Waals surface area contributed by atoms with Gasteiger partial charge in [-0.25, -0.2) is 4.79 Å². The summed E-state index contributed by atoms with van der Waals surface area (Å²) in [7, 11) is 0. The van der Waals surface area contributed by atoms with Gasteiger partial charge in [0.25, 0.3) is 0 Å². The molecule has 28 heavy (non-hydrogen) atoms. The first-order valence-corrected chi connectivity index (χ1v) is 10.3. The molecule has 4 rings (SSSR count). The predicted molar refractivity (Wildman–Crippen MR) is 114 cm³/mol. The minimum atomic E-state index is -0.831. The molecule has 2 heterocycles. The number of hydrazone groups is 1. The molecule has 5 nitrogen and oxygen atoms in total. The minimum Gasteiger partial charge on any atom is -0.478 e. The number of aromatic nitrogens is 1. The second-order valence-electron chi connectivity index (χ2n) is 7.09. The van der Waals surface area contributed by atoms with E-state index < -0.39 is 5.97 Å². The van der Waals surface area contributed by atoms with Crippen molar-refractivity contribution in [1.82, 2.24) is 4.57 Å². The van der Waals surface area contributed by atoms with Crippen LogP contribution < -0.4 is 5.43 Å². The van der Waals surface area contributed by atoms with E-state index in [0.29, 0.717) is 5.56 Å². The Kier molecular flexibility index (Phi) is 5.05. The summed E-state index contributed by atoms with van der Waals surface area (Å²) in [6.07, 6.45) is 5.84. The first kappa shape index (κ1) is 18.5. The van der Waals surface area contributed by atoms with Gasteiger partial charge >= 0.3 is 5.97 Å². The van der Waals surface area contributed by atoms with E-state index in [4.69, 9.17) is 0 Å². The molecule has 0 bridgehead atoms. The zero-order valence-corrected chi connectivity index (χ0v) is 16.8. The predicted octanol–water partition coefficient (Wildman–Crippen LogP) is 5.18. The second-order valence-corrected chi connectivity index (χ2v) is 8.18. The van der Waals surface area contributed by atoms with E-state index in [0.717, 1.165) is 58.9 Å². The monoisotopic (exact) mass is 393 g/mol. The number of para-hydroxylation sites is 1. The molecule has 0 spiro atoms. The second kappa shape index (κ2) is 7.64. The van der Waals surface area contributed by atoms with Crippen LogP contribution in [0.15, 0.2) is 41.5 Å². The zero-order valence-electron chi connectivity index (χ0n) is 16.0. The summed E-state index contributed by atoms with van der Waals surface area (Å²) in [5, 5.41) is 15.1. The van der Waals surface area contributed by atoms with E-state index in [1.165, 1.54) is 4.88 Å². The number of rotatable bonds is 5. The number of carboxylic acids is 1. The summed E-state index contributed by atoms with van der Waals surface area (Å²) in [4.78, 5) is 13.3. The van der Waals surface area contributed by atoms with E-state index in [1.54, 1.807) is 17.6 Å². The Balaban J connectivity index is 1.70. The van der Waals surface area contributed by atoms with E-state index in [-0.39, 0.29) is 0 Å². The van der Waals surface area contributed by atoms with Gasteiger partial charge in [0.15, 0.2) is 0 Å². The fourth-order valence-corrected chi connectivity index (χ4v) is 5.34. The molecule has 0 atom stereocenters. The Morgan fingerprint density at radius 2 is 1.96 bits per heavy atom. The van der Waals surface area contributed by atoms with Gasteiger partial charge in [0.05, 0.1) is 17.5 Å². The molecule has 144 valence electrons. The molecule has 0 fully saturated rings. The van der Waals surface area contributed by atoms with Crippen LogP contribution in [0.5, 0.6) is 0 Å². The Bertz CT molecular complexity index is 1050. The molecule has 2 N–H and O–H groups in total. The number of thiophene rings is 1. The molecule has 3 aromatic rings. The maximum absolute atomic E-state index is 12.0. The van der Waals surface area contributed by atoms with Gasteiger partial charge in [0, 0.05) is 21.8 Å². The van der Waals surface area contributed by atoms with Gasteiger partial charge in [-0.3, -0.25) is 5.43 Å². The van der Waals surface area contributed by atoms with Crippen molar-refractivity contribution in [2.75, 3.05) is 5.43 Å². The Hall–Kier alpha value is -2.86. The summed E-state index contributed by atoms with van der Waals surface area (Å²) in [6.45, 7) is 4.03. The number of hydrogen-bond acceptors (Lipinski definition) is 4. The number of carboxylic acid groups (broad SMARTS) is 1. The third-order valence-corrected chi connectivity index (χ3v) is 6.49. The Morgan fingerprint density at radius 1 is 1.21 bits per heavy atom. The number of benzene rings is 1. The molecule has 1 aromatic carbocycles. The van der Waals surface area contributed by atoms with Gasteiger partial charge in [-0.2, -0.15) is 5.10 Å². The molecular weight excluding hydrogens is 370 g/mol. The highest BCUT2D eigenvalue weighted by atomic mass is 32.1. The van der Waals surface area contributed by atoms with E-state index in [9.17, 15) is 9.90 Å². The maximum Gasteiger partial charge on any atom is 0.339 e. The van der Waals surface area contributed by atoms with Gasteiger partial charge in [-0.05, 0) is 63.3 Å². The fraction of sp³-hybridized carbons (Fsp3) is 0.273. The number of fused-ring (bicyclic) bond motifs is 1. The van der Waals surface area contributed by atoms with Crippen LogP contribution in [0.25, 0.3) is 5.00 Å². The zero-order chi connectivity index (χ0) is 19.7. The van der Waals surface area contributed by atoms with E-state index >= 15 is 0 Å². The van der Waals surface area contributed by atoms with Crippen molar-refractivity contribution >= 4 is 29.2 Å². The van der Waals surface area contributed by atoms with Crippen LogP contribution in [0.2, 0.25) is 0 Å². The number of carbonyl (C=O) groups is 1. The molecule has 0 saturated carbocycles. The first-order chi connectivity index (χ1) is 13.6. The van der Waals surface area contributed by atoms with Crippen molar-refractivity contribution in [3.05, 3.63) is 69.4 Å². The number of nitrogens with zero attached hydrogens (tertiary/aromatic N) is 2. The minimum absolute atomic E-state index is 0.479. The normalized spacial score (nSPS) is 13.6. The standard InChI is InChI=1S/C22H23N3O2S/c1-14-12-16(13-23-24-17-8-4-3-5-9-17)15(2)25(14)21-20(22(26)27)18-10-6-7-11-19(18)28-21/h3-5,8-9,12-13,24H,6-7,10-11H2,1-2H3,(H,26,27)/b23-13-. The first-order valence-electron chi connectivity index (χ1n) is 9.47. The maximum atomic E-state index is 12.0. The summed E-state index contributed by atoms with van der Waals surface area (Å²) < 4.78 is 2.07. The van der Waals surface area contributed by atoms with Gasteiger partial charge in [-0.1, -0.05) is 18.2 Å². The van der Waals surface area contributed by atoms with Crippen LogP contribution in [0, 0.1) is 13.8 Å². The number of anilines is 1. The molecular formula is C22H23N3O2S. The lowest BCUT2D eigenvalue weighted by atomic mass is 9.95. The van der Waals surface area contributed by atoms with Crippen LogP contribution >= 0.6 is 11.3 Å². The Labute approximate surface area is 168 Å². The van der Waals surface area contributed by atoms with Gasteiger partial charge in [-0.15, -0.1) is 11.3 Å². The summed E-state index contributed by atoms with van der Waals surface area (Å²) in [5.41, 5.74) is 8.45. The lowest BCUT2D eigenvalue weighted by molar-refractivity contribution is 0.0696. The van der Waals surface area contributed by atoms with Gasteiger partial charge in [0.1, 0.15) is 5.00 Å². The average molecular weight is 394 g/mol. The molecule has 1 aliphatic carbocycles. The summed E-state index contributed by atoms with van der Waals surface area (Å²) in [6, 6.07) is 11.8. The molecule has 0 saturated heterocycles. The molecule has 0 amide bonds. The number of aryl methyl sites for hydroxylation is 2.